The minimum atomic E-state index is -0.255. The Labute approximate surface area is 93.1 Å². The second-order valence-electron chi connectivity index (χ2n) is 4.59. The van der Waals surface area contributed by atoms with E-state index in [-0.39, 0.29) is 6.10 Å². The van der Waals surface area contributed by atoms with E-state index in [1.807, 2.05) is 6.92 Å². The van der Waals surface area contributed by atoms with Gasteiger partial charge in [0.15, 0.2) is 0 Å². The van der Waals surface area contributed by atoms with Gasteiger partial charge in [-0.25, -0.2) is 0 Å². The molecule has 15 heavy (non-hydrogen) atoms. The van der Waals surface area contributed by atoms with Gasteiger partial charge in [0, 0.05) is 0 Å². The normalized spacial score (nSPS) is 13.2. The van der Waals surface area contributed by atoms with Crippen LogP contribution < -0.4 is 0 Å². The maximum Gasteiger partial charge on any atom is 0.0552 e. The first-order valence-electron chi connectivity index (χ1n) is 5.84. The summed E-state index contributed by atoms with van der Waals surface area (Å²) in [5, 5.41) is 9.48. The number of rotatable bonds is 4. The first-order chi connectivity index (χ1) is 7.04. The summed E-state index contributed by atoms with van der Waals surface area (Å²) in [5.41, 5.74) is 4.03. The third-order valence-corrected chi connectivity index (χ3v) is 2.75. The average molecular weight is 206 g/mol. The second-order valence-corrected chi connectivity index (χ2v) is 4.59. The molecule has 1 rings (SSSR count). The van der Waals surface area contributed by atoms with Crippen molar-refractivity contribution in [2.75, 3.05) is 0 Å². The van der Waals surface area contributed by atoms with Gasteiger partial charge in [-0.1, -0.05) is 39.0 Å². The summed E-state index contributed by atoms with van der Waals surface area (Å²) in [6.45, 7) is 8.41. The predicted molar refractivity (Wildman–Crippen MR) is 65.3 cm³/mol. The molecule has 1 heteroatoms. The Morgan fingerprint density at radius 2 is 1.87 bits per heavy atom. The second kappa shape index (κ2) is 5.32. The zero-order valence-corrected chi connectivity index (χ0v) is 10.2. The van der Waals surface area contributed by atoms with E-state index in [1.54, 1.807) is 0 Å². The number of benzene rings is 1. The molecule has 0 aliphatic rings. The van der Waals surface area contributed by atoms with Gasteiger partial charge in [0.25, 0.3) is 0 Å². The van der Waals surface area contributed by atoms with Crippen LogP contribution in [0.25, 0.3) is 0 Å². The molecule has 1 unspecified atom stereocenters. The fraction of sp³-hybridized carbons (Fsp3) is 0.571. The van der Waals surface area contributed by atoms with Crippen LogP contribution in [-0.2, 0) is 12.8 Å². The molecule has 1 N–H and O–H groups in total. The Balaban J connectivity index is 3.05. The number of hydrogen-bond acceptors (Lipinski definition) is 1. The first kappa shape index (κ1) is 12.3. The van der Waals surface area contributed by atoms with E-state index in [0.29, 0.717) is 5.92 Å². The van der Waals surface area contributed by atoms with Crippen LogP contribution in [-0.4, -0.2) is 11.2 Å². The molecule has 1 aromatic rings. The highest BCUT2D eigenvalue weighted by molar-refractivity contribution is 5.34. The van der Waals surface area contributed by atoms with Gasteiger partial charge in [-0.05, 0) is 42.4 Å². The molecule has 0 amide bonds. The summed E-state index contributed by atoms with van der Waals surface area (Å²) < 4.78 is 0. The third-order valence-electron chi connectivity index (χ3n) is 2.75. The molecule has 0 bridgehead atoms. The van der Waals surface area contributed by atoms with Crippen molar-refractivity contribution in [3.63, 3.8) is 0 Å². The molecule has 1 aromatic carbocycles. The van der Waals surface area contributed by atoms with E-state index in [9.17, 15) is 5.11 Å². The van der Waals surface area contributed by atoms with Gasteiger partial charge in [0.1, 0.15) is 0 Å². The monoisotopic (exact) mass is 206 g/mol. The molecule has 0 saturated heterocycles. The highest BCUT2D eigenvalue weighted by Crippen LogP contribution is 2.22. The highest BCUT2D eigenvalue weighted by atomic mass is 16.3. The van der Waals surface area contributed by atoms with Crippen molar-refractivity contribution >= 4 is 0 Å². The summed E-state index contributed by atoms with van der Waals surface area (Å²) in [5.74, 6) is 0.532. The van der Waals surface area contributed by atoms with Crippen LogP contribution in [0.4, 0.5) is 0 Å². The lowest BCUT2D eigenvalue weighted by molar-refractivity contribution is 0.195. The standard InChI is InChI=1S/C14H22O/c1-5-12-6-7-14(10(2)3)13(9-12)8-11(4)15/h6-7,9-11,15H,5,8H2,1-4H3. The molecule has 0 radical (unpaired) electrons. The third kappa shape index (κ3) is 3.35. The predicted octanol–water partition coefficient (Wildman–Crippen LogP) is 3.30. The number of aliphatic hydroxyl groups excluding tert-OH is 1. The average Bonchev–Trinajstić information content (AvgIpc) is 2.16. The van der Waals surface area contributed by atoms with Crippen LogP contribution in [0, 0.1) is 0 Å². The Morgan fingerprint density at radius 1 is 1.20 bits per heavy atom. The van der Waals surface area contributed by atoms with Crippen molar-refractivity contribution in [1.82, 2.24) is 0 Å². The van der Waals surface area contributed by atoms with Crippen molar-refractivity contribution in [1.29, 1.82) is 0 Å². The smallest absolute Gasteiger partial charge is 0.0552 e. The van der Waals surface area contributed by atoms with Crippen molar-refractivity contribution < 1.29 is 5.11 Å². The molecular weight excluding hydrogens is 184 g/mol. The minimum absolute atomic E-state index is 0.255. The number of aliphatic hydroxyl groups is 1. The van der Waals surface area contributed by atoms with Gasteiger partial charge >= 0.3 is 0 Å². The van der Waals surface area contributed by atoms with Crippen LogP contribution in [0.3, 0.4) is 0 Å². The lowest BCUT2D eigenvalue weighted by atomic mass is 9.92. The minimum Gasteiger partial charge on any atom is -0.393 e. The molecule has 0 spiro atoms. The Bertz CT molecular complexity index is 313. The zero-order chi connectivity index (χ0) is 11.4. The quantitative estimate of drug-likeness (QED) is 0.801. The fourth-order valence-electron chi connectivity index (χ4n) is 1.94. The molecular formula is C14H22O. The maximum absolute atomic E-state index is 9.48. The molecule has 0 aliphatic carbocycles. The molecule has 1 atom stereocenters. The van der Waals surface area contributed by atoms with Crippen LogP contribution in [0.5, 0.6) is 0 Å². The zero-order valence-electron chi connectivity index (χ0n) is 10.2. The molecule has 0 heterocycles. The molecule has 84 valence electrons. The summed E-state index contributed by atoms with van der Waals surface area (Å²) >= 11 is 0. The van der Waals surface area contributed by atoms with Crippen LogP contribution >= 0.6 is 0 Å². The van der Waals surface area contributed by atoms with E-state index in [1.165, 1.54) is 16.7 Å². The lowest BCUT2D eigenvalue weighted by Gasteiger charge is -2.15. The molecule has 0 aromatic heterocycles. The van der Waals surface area contributed by atoms with Crippen LogP contribution in [0.2, 0.25) is 0 Å². The lowest BCUT2D eigenvalue weighted by Crippen LogP contribution is -2.08. The van der Waals surface area contributed by atoms with Crippen molar-refractivity contribution in [2.24, 2.45) is 0 Å². The van der Waals surface area contributed by atoms with Gasteiger partial charge in [0.05, 0.1) is 6.10 Å². The molecule has 1 nitrogen and oxygen atoms in total. The van der Waals surface area contributed by atoms with E-state index < -0.39 is 0 Å². The topological polar surface area (TPSA) is 20.2 Å². The Hall–Kier alpha value is -0.820. The van der Waals surface area contributed by atoms with Crippen molar-refractivity contribution in [2.45, 2.75) is 52.6 Å². The molecule has 0 aliphatic heterocycles. The SMILES string of the molecule is CCc1ccc(C(C)C)c(CC(C)O)c1. The van der Waals surface area contributed by atoms with Gasteiger partial charge in [0.2, 0.25) is 0 Å². The van der Waals surface area contributed by atoms with Crippen molar-refractivity contribution in [3.05, 3.63) is 34.9 Å². The molecule has 0 fully saturated rings. The van der Waals surface area contributed by atoms with Crippen LogP contribution in [0.15, 0.2) is 18.2 Å². The van der Waals surface area contributed by atoms with Gasteiger partial charge in [-0.15, -0.1) is 0 Å². The first-order valence-corrected chi connectivity index (χ1v) is 5.84. The Kier molecular flexibility index (Phi) is 4.34. The maximum atomic E-state index is 9.48. The number of aryl methyl sites for hydroxylation is 1. The van der Waals surface area contributed by atoms with Crippen LogP contribution in [0.1, 0.15) is 50.3 Å². The van der Waals surface area contributed by atoms with E-state index in [0.717, 1.165) is 12.8 Å². The summed E-state index contributed by atoms with van der Waals surface area (Å²) in [7, 11) is 0. The van der Waals surface area contributed by atoms with Gasteiger partial charge in [-0.2, -0.15) is 0 Å². The van der Waals surface area contributed by atoms with Crippen molar-refractivity contribution in [3.8, 4) is 0 Å². The largest absolute Gasteiger partial charge is 0.393 e. The van der Waals surface area contributed by atoms with Gasteiger partial charge < -0.3 is 5.11 Å². The molecule has 0 saturated carbocycles. The van der Waals surface area contributed by atoms with E-state index >= 15 is 0 Å². The highest BCUT2D eigenvalue weighted by Gasteiger charge is 2.09. The summed E-state index contributed by atoms with van der Waals surface area (Å²) in [4.78, 5) is 0. The fourth-order valence-corrected chi connectivity index (χ4v) is 1.94. The Morgan fingerprint density at radius 3 is 2.33 bits per heavy atom. The van der Waals surface area contributed by atoms with E-state index in [2.05, 4.69) is 39.0 Å². The van der Waals surface area contributed by atoms with Gasteiger partial charge in [-0.3, -0.25) is 0 Å². The summed E-state index contributed by atoms with van der Waals surface area (Å²) in [6, 6.07) is 6.64. The number of hydrogen-bond donors (Lipinski definition) is 1. The van der Waals surface area contributed by atoms with E-state index in [4.69, 9.17) is 0 Å². The summed E-state index contributed by atoms with van der Waals surface area (Å²) in [6.07, 6.45) is 1.57.